The van der Waals surface area contributed by atoms with Crippen molar-refractivity contribution in [3.63, 3.8) is 0 Å². The van der Waals surface area contributed by atoms with E-state index >= 15 is 0 Å². The van der Waals surface area contributed by atoms with Crippen LogP contribution in [0.25, 0.3) is 22.3 Å². The van der Waals surface area contributed by atoms with Crippen molar-refractivity contribution in [3.8, 4) is 11.4 Å². The Hall–Kier alpha value is -4.55. The van der Waals surface area contributed by atoms with Crippen LogP contribution in [0, 0.1) is 0 Å². The molecule has 174 valence electrons. The number of fused-ring (bicyclic) bond motifs is 1. The Morgan fingerprint density at radius 3 is 2.59 bits per heavy atom. The van der Waals surface area contributed by atoms with E-state index in [0.29, 0.717) is 22.5 Å². The zero-order chi connectivity index (χ0) is 24.3. The van der Waals surface area contributed by atoms with Crippen molar-refractivity contribution in [1.29, 1.82) is 0 Å². The molecule has 0 atom stereocenters. The molecule has 0 bridgehead atoms. The van der Waals surface area contributed by atoms with E-state index in [2.05, 4.69) is 35.3 Å². The second kappa shape index (κ2) is 9.13. The molecule has 0 saturated heterocycles. The van der Waals surface area contributed by atoms with Crippen molar-refractivity contribution in [2.24, 2.45) is 0 Å². The molecular formula is C21H15F3N6O4. The van der Waals surface area contributed by atoms with Gasteiger partial charge in [0.15, 0.2) is 0 Å². The maximum atomic E-state index is 12.8. The molecule has 3 aromatic heterocycles. The normalized spacial score (nSPS) is 11.3. The molecule has 0 radical (unpaired) electrons. The SMILES string of the molecule is CC(=O)Nc1ccc(COC(=O)Nc2ccc(-c3noc(C(F)(F)F)n3)c3ncccc23)cn1. The number of rotatable bonds is 5. The predicted molar refractivity (Wildman–Crippen MR) is 112 cm³/mol. The number of nitrogens with one attached hydrogen (secondary N) is 2. The number of pyridine rings is 2. The van der Waals surface area contributed by atoms with Gasteiger partial charge in [0.05, 0.1) is 11.2 Å². The zero-order valence-corrected chi connectivity index (χ0v) is 17.4. The molecule has 4 aromatic rings. The number of alkyl halides is 3. The van der Waals surface area contributed by atoms with Gasteiger partial charge in [0, 0.05) is 35.8 Å². The van der Waals surface area contributed by atoms with Crippen LogP contribution in [0.2, 0.25) is 0 Å². The topological polar surface area (TPSA) is 132 Å². The second-order valence-corrected chi connectivity index (χ2v) is 6.92. The Morgan fingerprint density at radius 1 is 1.09 bits per heavy atom. The van der Waals surface area contributed by atoms with Gasteiger partial charge in [-0.05, 0) is 30.3 Å². The molecule has 4 rings (SSSR count). The first-order valence-electron chi connectivity index (χ1n) is 9.66. The number of carbonyl (C=O) groups is 2. The van der Waals surface area contributed by atoms with Gasteiger partial charge in [0.25, 0.3) is 0 Å². The van der Waals surface area contributed by atoms with Crippen LogP contribution in [-0.2, 0) is 22.3 Å². The van der Waals surface area contributed by atoms with Crippen molar-refractivity contribution >= 4 is 34.4 Å². The molecule has 1 aromatic carbocycles. The number of nitrogens with zero attached hydrogens (tertiary/aromatic N) is 4. The Morgan fingerprint density at radius 2 is 1.91 bits per heavy atom. The fraction of sp³-hybridized carbons (Fsp3) is 0.143. The van der Waals surface area contributed by atoms with E-state index in [9.17, 15) is 22.8 Å². The molecule has 0 aliphatic heterocycles. The Kier molecular flexibility index (Phi) is 6.08. The molecule has 0 aliphatic carbocycles. The number of halogens is 3. The summed E-state index contributed by atoms with van der Waals surface area (Å²) in [5, 5.41) is 8.92. The lowest BCUT2D eigenvalue weighted by Crippen LogP contribution is -2.14. The van der Waals surface area contributed by atoms with E-state index in [-0.39, 0.29) is 29.4 Å². The van der Waals surface area contributed by atoms with Crippen LogP contribution in [0.3, 0.4) is 0 Å². The number of carbonyl (C=O) groups excluding carboxylic acids is 2. The highest BCUT2D eigenvalue weighted by Gasteiger charge is 2.38. The quantitative estimate of drug-likeness (QED) is 0.437. The van der Waals surface area contributed by atoms with Crippen molar-refractivity contribution in [2.45, 2.75) is 19.7 Å². The summed E-state index contributed by atoms with van der Waals surface area (Å²) in [6, 6.07) is 9.31. The second-order valence-electron chi connectivity index (χ2n) is 6.92. The highest BCUT2D eigenvalue weighted by atomic mass is 19.4. The third-order valence-electron chi connectivity index (χ3n) is 4.41. The highest BCUT2D eigenvalue weighted by molar-refractivity contribution is 6.03. The van der Waals surface area contributed by atoms with Gasteiger partial charge >= 0.3 is 18.2 Å². The van der Waals surface area contributed by atoms with E-state index in [1.54, 1.807) is 24.3 Å². The lowest BCUT2D eigenvalue weighted by atomic mass is 10.1. The summed E-state index contributed by atoms with van der Waals surface area (Å²) in [6.45, 7) is 1.27. The highest BCUT2D eigenvalue weighted by Crippen LogP contribution is 2.33. The van der Waals surface area contributed by atoms with Crippen LogP contribution in [0.1, 0.15) is 18.4 Å². The van der Waals surface area contributed by atoms with E-state index in [0.717, 1.165) is 0 Å². The minimum atomic E-state index is -4.78. The number of hydrogen-bond donors (Lipinski definition) is 2. The summed E-state index contributed by atoms with van der Waals surface area (Å²) in [5.74, 6) is -1.66. The summed E-state index contributed by atoms with van der Waals surface area (Å²) in [6.07, 6.45) is -2.66. The molecule has 10 nitrogen and oxygen atoms in total. The third kappa shape index (κ3) is 5.09. The monoisotopic (exact) mass is 472 g/mol. The molecular weight excluding hydrogens is 457 g/mol. The lowest BCUT2D eigenvalue weighted by Gasteiger charge is -2.11. The summed E-state index contributed by atoms with van der Waals surface area (Å²) >= 11 is 0. The average Bonchev–Trinajstić information content (AvgIpc) is 3.29. The summed E-state index contributed by atoms with van der Waals surface area (Å²) < 4.78 is 47.9. The van der Waals surface area contributed by atoms with E-state index in [1.165, 1.54) is 31.5 Å². The van der Waals surface area contributed by atoms with Gasteiger partial charge in [-0.15, -0.1) is 0 Å². The fourth-order valence-corrected chi connectivity index (χ4v) is 2.97. The third-order valence-corrected chi connectivity index (χ3v) is 4.41. The summed E-state index contributed by atoms with van der Waals surface area (Å²) in [4.78, 5) is 35.0. The molecule has 0 unspecified atom stereocenters. The molecule has 0 aliphatic rings. The average molecular weight is 472 g/mol. The standard InChI is InChI=1S/C21H15F3N6O4/c1-11(31)27-16-7-4-12(9-26-16)10-33-20(32)28-15-6-5-14(17-13(15)3-2-8-25-17)18-29-19(34-30-18)21(22,23)24/h2-9H,10H2,1H3,(H,28,32)(H,26,27,31). The Balaban J connectivity index is 1.49. The Labute approximate surface area is 189 Å². The number of amides is 2. The van der Waals surface area contributed by atoms with Crippen LogP contribution in [0.15, 0.2) is 53.3 Å². The Bertz CT molecular complexity index is 1350. The molecule has 0 saturated carbocycles. The van der Waals surface area contributed by atoms with Crippen LogP contribution in [-0.4, -0.2) is 32.1 Å². The maximum Gasteiger partial charge on any atom is 0.471 e. The van der Waals surface area contributed by atoms with Crippen molar-refractivity contribution in [3.05, 3.63) is 60.2 Å². The molecule has 2 N–H and O–H groups in total. The number of hydrogen-bond acceptors (Lipinski definition) is 8. The maximum absolute atomic E-state index is 12.8. The minimum Gasteiger partial charge on any atom is -0.444 e. The van der Waals surface area contributed by atoms with E-state index < -0.39 is 18.2 Å². The first-order chi connectivity index (χ1) is 16.2. The van der Waals surface area contributed by atoms with Gasteiger partial charge in [0.2, 0.25) is 11.7 Å². The number of ether oxygens (including phenoxy) is 1. The van der Waals surface area contributed by atoms with Gasteiger partial charge in [-0.25, -0.2) is 9.78 Å². The van der Waals surface area contributed by atoms with Gasteiger partial charge in [0.1, 0.15) is 12.4 Å². The summed E-state index contributed by atoms with van der Waals surface area (Å²) in [7, 11) is 0. The van der Waals surface area contributed by atoms with Crippen molar-refractivity contribution in [1.82, 2.24) is 20.1 Å². The number of anilines is 2. The van der Waals surface area contributed by atoms with Crippen LogP contribution in [0.4, 0.5) is 29.5 Å². The lowest BCUT2D eigenvalue weighted by molar-refractivity contribution is -0.159. The van der Waals surface area contributed by atoms with Gasteiger partial charge in [-0.1, -0.05) is 11.2 Å². The van der Waals surface area contributed by atoms with Gasteiger partial charge in [-0.2, -0.15) is 18.2 Å². The van der Waals surface area contributed by atoms with E-state index in [1.807, 2.05) is 0 Å². The zero-order valence-electron chi connectivity index (χ0n) is 17.4. The number of aromatic nitrogens is 4. The first-order valence-corrected chi connectivity index (χ1v) is 9.66. The minimum absolute atomic E-state index is 0.0868. The van der Waals surface area contributed by atoms with Gasteiger partial charge < -0.3 is 14.6 Å². The summed E-state index contributed by atoms with van der Waals surface area (Å²) in [5.41, 5.74) is 1.35. The fourth-order valence-electron chi connectivity index (χ4n) is 2.97. The molecule has 34 heavy (non-hydrogen) atoms. The molecule has 13 heteroatoms. The molecule has 0 fully saturated rings. The van der Waals surface area contributed by atoms with Crippen LogP contribution >= 0.6 is 0 Å². The van der Waals surface area contributed by atoms with Crippen LogP contribution < -0.4 is 10.6 Å². The number of benzene rings is 1. The van der Waals surface area contributed by atoms with Crippen molar-refractivity contribution < 1.29 is 32.0 Å². The molecule has 3 heterocycles. The van der Waals surface area contributed by atoms with Crippen molar-refractivity contribution in [2.75, 3.05) is 10.6 Å². The first kappa shape index (κ1) is 22.6. The smallest absolute Gasteiger partial charge is 0.444 e. The van der Waals surface area contributed by atoms with Gasteiger partial charge in [-0.3, -0.25) is 15.1 Å². The largest absolute Gasteiger partial charge is 0.471 e. The van der Waals surface area contributed by atoms with E-state index in [4.69, 9.17) is 4.74 Å². The molecule has 0 spiro atoms. The molecule has 2 amide bonds. The predicted octanol–water partition coefficient (Wildman–Crippen LogP) is 4.41. The van der Waals surface area contributed by atoms with Crippen LogP contribution in [0.5, 0.6) is 0 Å².